The lowest BCUT2D eigenvalue weighted by Gasteiger charge is -2.02. The topological polar surface area (TPSA) is 37.3 Å². The van der Waals surface area contributed by atoms with Crippen molar-refractivity contribution in [3.8, 4) is 0 Å². The number of benzene rings is 1. The van der Waals surface area contributed by atoms with Gasteiger partial charge in [0.2, 0.25) is 0 Å². The molecule has 1 N–H and O–H groups in total. The first-order chi connectivity index (χ1) is 7.16. The fourth-order valence-electron chi connectivity index (χ4n) is 1.70. The van der Waals surface area contributed by atoms with Crippen LogP contribution < -0.4 is 0 Å². The molecule has 1 aromatic carbocycles. The van der Waals surface area contributed by atoms with Crippen LogP contribution in [-0.4, -0.2) is 10.9 Å². The number of rotatable bonds is 2. The van der Waals surface area contributed by atoms with Crippen LogP contribution in [0.5, 0.6) is 0 Å². The first-order valence-electron chi connectivity index (χ1n) is 4.85. The van der Waals surface area contributed by atoms with Crippen LogP contribution in [0.4, 0.5) is 0 Å². The number of carbonyl (C=O) groups is 1. The van der Waals surface area contributed by atoms with Gasteiger partial charge in [-0.3, -0.25) is 4.79 Å². The van der Waals surface area contributed by atoms with Crippen LogP contribution >= 0.6 is 15.9 Å². The number of aliphatic hydroxyl groups excluding tert-OH is 1. The number of hydrogen-bond acceptors (Lipinski definition) is 2. The van der Waals surface area contributed by atoms with Crippen LogP contribution in [0.15, 0.2) is 40.1 Å². The molecule has 2 rings (SSSR count). The number of aliphatic hydroxyl groups is 1. The zero-order valence-electron chi connectivity index (χ0n) is 8.16. The molecule has 0 atom stereocenters. The normalized spacial score (nSPS) is 16.2. The molecule has 0 bridgehead atoms. The Morgan fingerprint density at radius 1 is 1.20 bits per heavy atom. The first kappa shape index (κ1) is 10.4. The Hall–Kier alpha value is -1.09. The van der Waals surface area contributed by atoms with E-state index < -0.39 is 0 Å². The summed E-state index contributed by atoms with van der Waals surface area (Å²) in [6.45, 7) is 0. The lowest BCUT2D eigenvalue weighted by molar-refractivity contribution is -0.115. The van der Waals surface area contributed by atoms with Crippen molar-refractivity contribution in [3.05, 3.63) is 45.6 Å². The molecule has 1 aliphatic rings. The smallest absolute Gasteiger partial charge is 0.162 e. The second-order valence-corrected chi connectivity index (χ2v) is 4.57. The summed E-state index contributed by atoms with van der Waals surface area (Å²) in [5.41, 5.74) is 1.63. The van der Waals surface area contributed by atoms with Crippen molar-refractivity contribution in [3.63, 3.8) is 0 Å². The summed E-state index contributed by atoms with van der Waals surface area (Å²) < 4.78 is 1.02. The molecular formula is C12H11BrO2. The highest BCUT2D eigenvalue weighted by molar-refractivity contribution is 9.10. The van der Waals surface area contributed by atoms with Gasteiger partial charge in [0.1, 0.15) is 0 Å². The molecule has 15 heavy (non-hydrogen) atoms. The van der Waals surface area contributed by atoms with E-state index in [4.69, 9.17) is 0 Å². The van der Waals surface area contributed by atoms with Gasteiger partial charge in [0, 0.05) is 29.3 Å². The molecule has 1 aromatic rings. The monoisotopic (exact) mass is 266 g/mol. The van der Waals surface area contributed by atoms with E-state index in [1.165, 1.54) is 0 Å². The maximum atomic E-state index is 11.4. The van der Waals surface area contributed by atoms with Crippen molar-refractivity contribution >= 4 is 21.7 Å². The molecule has 0 spiro atoms. The van der Waals surface area contributed by atoms with E-state index in [9.17, 15) is 9.90 Å². The van der Waals surface area contributed by atoms with Crippen LogP contribution in [0.3, 0.4) is 0 Å². The summed E-state index contributed by atoms with van der Waals surface area (Å²) in [6, 6.07) is 7.78. The van der Waals surface area contributed by atoms with Crippen LogP contribution in [0.25, 0.3) is 0 Å². The molecule has 2 nitrogen and oxygen atoms in total. The van der Waals surface area contributed by atoms with Crippen LogP contribution in [-0.2, 0) is 11.2 Å². The van der Waals surface area contributed by atoms with Crippen molar-refractivity contribution < 1.29 is 9.90 Å². The van der Waals surface area contributed by atoms with Gasteiger partial charge in [0.05, 0.1) is 5.76 Å². The summed E-state index contributed by atoms with van der Waals surface area (Å²) in [5.74, 6) is 0.346. The Labute approximate surface area is 96.7 Å². The van der Waals surface area contributed by atoms with Crippen molar-refractivity contribution in [1.29, 1.82) is 0 Å². The molecule has 0 unspecified atom stereocenters. The zero-order chi connectivity index (χ0) is 10.8. The molecule has 1 aliphatic carbocycles. The fraction of sp³-hybridized carbons (Fsp3) is 0.250. The Balaban J connectivity index is 2.19. The van der Waals surface area contributed by atoms with Crippen molar-refractivity contribution in [2.75, 3.05) is 0 Å². The quantitative estimate of drug-likeness (QED) is 0.893. The number of ketones is 1. The summed E-state index contributed by atoms with van der Waals surface area (Å²) >= 11 is 3.35. The second kappa shape index (κ2) is 4.19. The third-order valence-electron chi connectivity index (χ3n) is 2.57. The van der Waals surface area contributed by atoms with Gasteiger partial charge in [-0.25, -0.2) is 0 Å². The highest BCUT2D eigenvalue weighted by Gasteiger charge is 2.22. The molecule has 0 fully saturated rings. The van der Waals surface area contributed by atoms with Crippen LogP contribution in [0.1, 0.15) is 18.4 Å². The van der Waals surface area contributed by atoms with Gasteiger partial charge in [-0.1, -0.05) is 28.1 Å². The number of halogens is 1. The second-order valence-electron chi connectivity index (χ2n) is 3.65. The number of Topliss-reactive ketones (excluding diaryl/α,β-unsaturated/α-hetero) is 1. The minimum atomic E-state index is 0.0791. The fourth-order valence-corrected chi connectivity index (χ4v) is 1.97. The Morgan fingerprint density at radius 3 is 2.40 bits per heavy atom. The highest BCUT2D eigenvalue weighted by Crippen LogP contribution is 2.24. The van der Waals surface area contributed by atoms with E-state index in [1.54, 1.807) is 0 Å². The molecule has 78 valence electrons. The SMILES string of the molecule is O=C1CCC(O)=C1Cc1ccc(Br)cc1. The van der Waals surface area contributed by atoms with Crippen LogP contribution in [0, 0.1) is 0 Å². The lowest BCUT2D eigenvalue weighted by atomic mass is 10.0. The van der Waals surface area contributed by atoms with Crippen molar-refractivity contribution in [2.24, 2.45) is 0 Å². The molecular weight excluding hydrogens is 256 g/mol. The van der Waals surface area contributed by atoms with Gasteiger partial charge in [0.15, 0.2) is 5.78 Å². The van der Waals surface area contributed by atoms with Gasteiger partial charge in [-0.05, 0) is 17.7 Å². The van der Waals surface area contributed by atoms with E-state index in [2.05, 4.69) is 15.9 Å². The molecule has 0 aliphatic heterocycles. The summed E-state index contributed by atoms with van der Waals surface area (Å²) in [5, 5.41) is 9.52. The number of hydrogen-bond donors (Lipinski definition) is 1. The molecule has 0 radical (unpaired) electrons. The van der Waals surface area contributed by atoms with Gasteiger partial charge < -0.3 is 5.11 Å². The van der Waals surface area contributed by atoms with Gasteiger partial charge in [-0.2, -0.15) is 0 Å². The summed E-state index contributed by atoms with van der Waals surface area (Å²) in [7, 11) is 0. The Bertz CT molecular complexity index is 418. The maximum Gasteiger partial charge on any atom is 0.162 e. The zero-order valence-corrected chi connectivity index (χ0v) is 9.75. The standard InChI is InChI=1S/C12H11BrO2/c13-9-3-1-8(2-4-9)7-10-11(14)5-6-12(10)15/h1-4,14H,5-7H2. The Kier molecular flexibility index (Phi) is 2.91. The van der Waals surface area contributed by atoms with Gasteiger partial charge in [-0.15, -0.1) is 0 Å². The Morgan fingerprint density at radius 2 is 1.87 bits per heavy atom. The predicted octanol–water partition coefficient (Wildman–Crippen LogP) is 3.17. The van der Waals surface area contributed by atoms with E-state index in [0.717, 1.165) is 10.0 Å². The molecule has 0 aromatic heterocycles. The average molecular weight is 267 g/mol. The summed E-state index contributed by atoms with van der Waals surface area (Å²) in [6.07, 6.45) is 1.50. The maximum absolute atomic E-state index is 11.4. The molecule has 0 saturated carbocycles. The molecule has 0 heterocycles. The molecule has 0 amide bonds. The largest absolute Gasteiger partial charge is 0.512 e. The third kappa shape index (κ3) is 2.29. The van der Waals surface area contributed by atoms with Crippen molar-refractivity contribution in [1.82, 2.24) is 0 Å². The van der Waals surface area contributed by atoms with E-state index in [0.29, 0.717) is 24.8 Å². The molecule has 0 saturated heterocycles. The van der Waals surface area contributed by atoms with Gasteiger partial charge in [0.25, 0.3) is 0 Å². The minimum Gasteiger partial charge on any atom is -0.512 e. The van der Waals surface area contributed by atoms with Crippen molar-refractivity contribution in [2.45, 2.75) is 19.3 Å². The lowest BCUT2D eigenvalue weighted by Crippen LogP contribution is -2.00. The summed E-state index contributed by atoms with van der Waals surface area (Å²) in [4.78, 5) is 11.4. The predicted molar refractivity (Wildman–Crippen MR) is 61.7 cm³/mol. The van der Waals surface area contributed by atoms with E-state index in [-0.39, 0.29) is 11.5 Å². The van der Waals surface area contributed by atoms with Crippen LogP contribution in [0.2, 0.25) is 0 Å². The van der Waals surface area contributed by atoms with E-state index in [1.807, 2.05) is 24.3 Å². The minimum absolute atomic E-state index is 0.0791. The number of allylic oxidation sites excluding steroid dienone is 2. The third-order valence-corrected chi connectivity index (χ3v) is 3.10. The molecule has 3 heteroatoms. The first-order valence-corrected chi connectivity index (χ1v) is 5.65. The van der Waals surface area contributed by atoms with E-state index >= 15 is 0 Å². The average Bonchev–Trinajstić information content (AvgIpc) is 2.53. The number of carbonyl (C=O) groups excluding carboxylic acids is 1. The van der Waals surface area contributed by atoms with Gasteiger partial charge >= 0.3 is 0 Å². The highest BCUT2D eigenvalue weighted by atomic mass is 79.9.